The van der Waals surface area contributed by atoms with Crippen LogP contribution in [-0.4, -0.2) is 48.0 Å². The van der Waals surface area contributed by atoms with Gasteiger partial charge in [0, 0.05) is 22.8 Å². The number of benzene rings is 2. The van der Waals surface area contributed by atoms with Gasteiger partial charge in [-0.2, -0.15) is 0 Å². The van der Waals surface area contributed by atoms with E-state index in [4.69, 9.17) is 27.2 Å². The fraction of sp³-hybridized carbons (Fsp3) is 0.333. The average Bonchev–Trinajstić information content (AvgIpc) is 2.69. The van der Waals surface area contributed by atoms with E-state index >= 15 is 0 Å². The van der Waals surface area contributed by atoms with Crippen molar-refractivity contribution in [3.05, 3.63) is 64.7 Å². The Morgan fingerprint density at radius 1 is 1.26 bits per heavy atom. The minimum absolute atomic E-state index is 0.0667. The van der Waals surface area contributed by atoms with Gasteiger partial charge in [0.05, 0.1) is 12.6 Å². The Balaban J connectivity index is 1.81. The van der Waals surface area contributed by atoms with Crippen molar-refractivity contribution in [3.8, 4) is 5.75 Å². The van der Waals surface area contributed by atoms with E-state index in [0.717, 1.165) is 29.8 Å². The summed E-state index contributed by atoms with van der Waals surface area (Å²) in [5, 5.41) is 18.9. The molecular weight excluding hydrogens is 364 g/mol. The van der Waals surface area contributed by atoms with Crippen LogP contribution in [0.4, 0.5) is 5.69 Å². The first-order chi connectivity index (χ1) is 13.0. The number of anilines is 1. The number of likely N-dealkylation sites (N-methyl/N-ethyl adjacent to an activating group) is 1. The first kappa shape index (κ1) is 19.7. The molecule has 6 heteroatoms. The standard InChI is InChI=1S/C21H25ClN2O3/c1-24-9-8-15(19-11-16(22)4-7-20(19)23)10-21(24)14-2-5-18(6-3-14)27-13-17(26)12-25/h2-7,10-11,17,21,25-26H,8-9,12-13,23H2,1H3. The van der Waals surface area contributed by atoms with Crippen LogP contribution < -0.4 is 10.5 Å². The van der Waals surface area contributed by atoms with E-state index in [1.54, 1.807) is 6.07 Å². The van der Waals surface area contributed by atoms with Crippen molar-refractivity contribution in [1.29, 1.82) is 0 Å². The van der Waals surface area contributed by atoms with E-state index in [9.17, 15) is 5.11 Å². The van der Waals surface area contributed by atoms with Crippen molar-refractivity contribution >= 4 is 22.9 Å². The molecule has 5 nitrogen and oxygen atoms in total. The van der Waals surface area contributed by atoms with Crippen LogP contribution in [0.1, 0.15) is 23.6 Å². The Morgan fingerprint density at radius 2 is 2.00 bits per heavy atom. The molecule has 2 atom stereocenters. The van der Waals surface area contributed by atoms with Crippen molar-refractivity contribution in [2.24, 2.45) is 0 Å². The number of hydrogen-bond acceptors (Lipinski definition) is 5. The zero-order valence-electron chi connectivity index (χ0n) is 15.3. The van der Waals surface area contributed by atoms with Crippen LogP contribution in [0, 0.1) is 0 Å². The van der Waals surface area contributed by atoms with Crippen molar-refractivity contribution in [2.75, 3.05) is 32.5 Å². The lowest BCUT2D eigenvalue weighted by atomic mass is 9.92. The van der Waals surface area contributed by atoms with Crippen LogP contribution in [0.2, 0.25) is 5.02 Å². The molecule has 0 saturated carbocycles. The molecule has 0 saturated heterocycles. The average molecular weight is 389 g/mol. The molecule has 1 heterocycles. The number of rotatable bonds is 6. The second-order valence-corrected chi connectivity index (χ2v) is 7.25. The summed E-state index contributed by atoms with van der Waals surface area (Å²) >= 11 is 6.16. The van der Waals surface area contributed by atoms with Crippen molar-refractivity contribution in [1.82, 2.24) is 4.90 Å². The molecule has 2 aromatic rings. The molecular formula is C21H25ClN2O3. The van der Waals surface area contributed by atoms with Crippen LogP contribution in [-0.2, 0) is 0 Å². The molecule has 0 aromatic heterocycles. The molecule has 1 aliphatic heterocycles. The molecule has 1 aliphatic rings. The Morgan fingerprint density at radius 3 is 2.70 bits per heavy atom. The largest absolute Gasteiger partial charge is 0.491 e. The van der Waals surface area contributed by atoms with E-state index in [1.807, 2.05) is 36.4 Å². The lowest BCUT2D eigenvalue weighted by Crippen LogP contribution is -2.28. The van der Waals surface area contributed by atoms with Crippen molar-refractivity contribution in [3.63, 3.8) is 0 Å². The summed E-state index contributed by atoms with van der Waals surface area (Å²) < 4.78 is 5.48. The predicted molar refractivity (Wildman–Crippen MR) is 109 cm³/mol. The van der Waals surface area contributed by atoms with Crippen LogP contribution in [0.25, 0.3) is 5.57 Å². The van der Waals surface area contributed by atoms with Crippen LogP contribution in [0.5, 0.6) is 5.75 Å². The minimum atomic E-state index is -0.872. The number of hydrogen-bond donors (Lipinski definition) is 3. The number of halogens is 1. The normalized spacial score (nSPS) is 18.8. The molecule has 0 amide bonds. The van der Waals surface area contributed by atoms with E-state index in [0.29, 0.717) is 10.8 Å². The zero-order valence-corrected chi connectivity index (χ0v) is 16.1. The molecule has 27 heavy (non-hydrogen) atoms. The maximum atomic E-state index is 9.38. The predicted octanol–water partition coefficient (Wildman–Crippen LogP) is 3.11. The summed E-state index contributed by atoms with van der Waals surface area (Å²) in [6, 6.07) is 13.5. The Labute approximate surface area is 164 Å². The van der Waals surface area contributed by atoms with Crippen molar-refractivity contribution in [2.45, 2.75) is 18.6 Å². The second-order valence-electron chi connectivity index (χ2n) is 6.82. The van der Waals surface area contributed by atoms with Gasteiger partial charge < -0.3 is 20.7 Å². The van der Waals surface area contributed by atoms with Gasteiger partial charge in [0.15, 0.2) is 0 Å². The summed E-state index contributed by atoms with van der Waals surface area (Å²) in [7, 11) is 2.10. The molecule has 0 radical (unpaired) electrons. The third kappa shape index (κ3) is 4.82. The third-order valence-electron chi connectivity index (χ3n) is 4.80. The number of ether oxygens (including phenoxy) is 1. The van der Waals surface area contributed by atoms with E-state index in [2.05, 4.69) is 18.0 Å². The highest BCUT2D eigenvalue weighted by molar-refractivity contribution is 6.30. The fourth-order valence-electron chi connectivity index (χ4n) is 3.23. The molecule has 2 unspecified atom stereocenters. The highest BCUT2D eigenvalue weighted by Gasteiger charge is 2.22. The van der Waals surface area contributed by atoms with Gasteiger partial charge in [-0.1, -0.05) is 29.8 Å². The lowest BCUT2D eigenvalue weighted by Gasteiger charge is -2.32. The van der Waals surface area contributed by atoms with Gasteiger partial charge in [0.2, 0.25) is 0 Å². The molecule has 144 valence electrons. The third-order valence-corrected chi connectivity index (χ3v) is 5.04. The van der Waals surface area contributed by atoms with Gasteiger partial charge in [0.25, 0.3) is 0 Å². The summed E-state index contributed by atoms with van der Waals surface area (Å²) in [5.41, 5.74) is 10.2. The molecule has 0 fully saturated rings. The Bertz CT molecular complexity index is 808. The topological polar surface area (TPSA) is 79.0 Å². The highest BCUT2D eigenvalue weighted by atomic mass is 35.5. The summed E-state index contributed by atoms with van der Waals surface area (Å²) in [6.45, 7) is 0.672. The second kappa shape index (κ2) is 8.76. The van der Waals surface area contributed by atoms with Gasteiger partial charge in [0.1, 0.15) is 18.5 Å². The maximum absolute atomic E-state index is 9.38. The highest BCUT2D eigenvalue weighted by Crippen LogP contribution is 2.36. The van der Waals surface area contributed by atoms with Gasteiger partial charge in [-0.25, -0.2) is 0 Å². The van der Waals surface area contributed by atoms with E-state index in [1.165, 1.54) is 5.57 Å². The smallest absolute Gasteiger partial charge is 0.119 e. The van der Waals surface area contributed by atoms with Crippen LogP contribution in [0.15, 0.2) is 48.5 Å². The molecule has 0 bridgehead atoms. The molecule has 3 rings (SSSR count). The van der Waals surface area contributed by atoms with Gasteiger partial charge in [-0.3, -0.25) is 4.90 Å². The lowest BCUT2D eigenvalue weighted by molar-refractivity contribution is 0.0536. The Kier molecular flexibility index (Phi) is 6.39. The first-order valence-corrected chi connectivity index (χ1v) is 9.33. The summed E-state index contributed by atoms with van der Waals surface area (Å²) in [4.78, 5) is 2.29. The minimum Gasteiger partial charge on any atom is -0.491 e. The SMILES string of the molecule is CN1CCC(c2cc(Cl)ccc2N)=CC1c1ccc(OCC(O)CO)cc1. The van der Waals surface area contributed by atoms with Crippen LogP contribution >= 0.6 is 11.6 Å². The maximum Gasteiger partial charge on any atom is 0.119 e. The molecule has 0 spiro atoms. The fourth-order valence-corrected chi connectivity index (χ4v) is 3.40. The molecule has 0 aliphatic carbocycles. The van der Waals surface area contributed by atoms with E-state index < -0.39 is 6.10 Å². The zero-order chi connectivity index (χ0) is 19.4. The van der Waals surface area contributed by atoms with Gasteiger partial charge in [-0.15, -0.1) is 0 Å². The quantitative estimate of drug-likeness (QED) is 0.662. The molecule has 2 aromatic carbocycles. The van der Waals surface area contributed by atoms with Crippen molar-refractivity contribution < 1.29 is 14.9 Å². The summed E-state index contributed by atoms with van der Waals surface area (Å²) in [6.07, 6.45) is 2.28. The Hall–Kier alpha value is -2.05. The number of aliphatic hydroxyl groups excluding tert-OH is 2. The van der Waals surface area contributed by atoms with Gasteiger partial charge >= 0.3 is 0 Å². The molecule has 4 N–H and O–H groups in total. The summed E-state index contributed by atoms with van der Waals surface area (Å²) in [5.74, 6) is 0.660. The van der Waals surface area contributed by atoms with E-state index in [-0.39, 0.29) is 19.3 Å². The first-order valence-electron chi connectivity index (χ1n) is 8.96. The number of aliphatic hydroxyl groups is 2. The number of nitrogens with zero attached hydrogens (tertiary/aromatic N) is 1. The number of nitrogens with two attached hydrogens (primary N) is 1. The van der Waals surface area contributed by atoms with Crippen LogP contribution in [0.3, 0.4) is 0 Å². The van der Waals surface area contributed by atoms with Gasteiger partial charge in [-0.05, 0) is 54.9 Å². The number of nitrogen functional groups attached to an aromatic ring is 1. The monoisotopic (exact) mass is 388 g/mol.